The van der Waals surface area contributed by atoms with Gasteiger partial charge in [0, 0.05) is 11.6 Å². The lowest BCUT2D eigenvalue weighted by atomic mass is 9.95. The number of hydrogen-bond acceptors (Lipinski definition) is 4. The van der Waals surface area contributed by atoms with E-state index in [1.54, 1.807) is 26.8 Å². The second kappa shape index (κ2) is 6.22. The molecule has 0 aromatic heterocycles. The number of hydrogen-bond donors (Lipinski definition) is 0. The van der Waals surface area contributed by atoms with Gasteiger partial charge in [-0.1, -0.05) is 30.3 Å². The van der Waals surface area contributed by atoms with Crippen LogP contribution < -0.4 is 5.11 Å². The zero-order valence-corrected chi connectivity index (χ0v) is 13.0. The summed E-state index contributed by atoms with van der Waals surface area (Å²) in [7, 11) is 0. The zero-order valence-electron chi connectivity index (χ0n) is 13.0. The van der Waals surface area contributed by atoms with Crippen LogP contribution in [0, 0.1) is 0 Å². The number of benzene rings is 1. The second-order valence-corrected chi connectivity index (χ2v) is 6.32. The monoisotopic (exact) mass is 302 g/mol. The highest BCUT2D eigenvalue weighted by Gasteiger charge is 2.37. The van der Waals surface area contributed by atoms with Crippen LogP contribution >= 0.6 is 0 Å². The molecule has 0 unspecified atom stereocenters. The number of carbonyl (C=O) groups excluding carboxylic acids is 2. The second-order valence-electron chi connectivity index (χ2n) is 6.32. The zero-order chi connectivity index (χ0) is 16.3. The van der Waals surface area contributed by atoms with Crippen molar-refractivity contribution in [3.8, 4) is 0 Å². The van der Waals surface area contributed by atoms with Crippen LogP contribution in [0.1, 0.15) is 26.3 Å². The maximum absolute atomic E-state index is 11.7. The minimum absolute atomic E-state index is 0.439. The molecular formula is C17H20NO4-. The molecule has 1 amide bonds. The van der Waals surface area contributed by atoms with Gasteiger partial charge in [-0.15, -0.1) is 0 Å². The molecule has 2 rings (SSSR count). The van der Waals surface area contributed by atoms with Crippen molar-refractivity contribution in [2.45, 2.75) is 44.9 Å². The van der Waals surface area contributed by atoms with Crippen LogP contribution in [-0.4, -0.2) is 34.6 Å². The van der Waals surface area contributed by atoms with E-state index in [1.165, 1.54) is 11.0 Å². The molecule has 0 saturated carbocycles. The van der Waals surface area contributed by atoms with Crippen molar-refractivity contribution >= 4 is 12.1 Å². The van der Waals surface area contributed by atoms with Gasteiger partial charge >= 0.3 is 5.97 Å². The Labute approximate surface area is 130 Å². The quantitative estimate of drug-likeness (QED) is 0.791. The molecular weight excluding hydrogens is 282 g/mol. The summed E-state index contributed by atoms with van der Waals surface area (Å²) in [5, 5.41) is 11.7. The Morgan fingerprint density at radius 2 is 1.95 bits per heavy atom. The van der Waals surface area contributed by atoms with Crippen LogP contribution in [0.15, 0.2) is 42.5 Å². The molecule has 1 aromatic rings. The van der Waals surface area contributed by atoms with Gasteiger partial charge in [0.2, 0.25) is 0 Å². The van der Waals surface area contributed by atoms with E-state index >= 15 is 0 Å². The fourth-order valence-electron chi connectivity index (χ4n) is 2.71. The Bertz CT molecular complexity index is 574. The molecule has 0 saturated heterocycles. The lowest BCUT2D eigenvalue weighted by Gasteiger charge is -2.45. The smallest absolute Gasteiger partial charge is 0.331 e. The maximum Gasteiger partial charge on any atom is 0.331 e. The predicted molar refractivity (Wildman–Crippen MR) is 79.9 cm³/mol. The van der Waals surface area contributed by atoms with Crippen LogP contribution in [0.4, 0.5) is 4.79 Å². The molecule has 1 aliphatic heterocycles. The molecule has 5 nitrogen and oxygen atoms in total. The Morgan fingerprint density at radius 1 is 1.32 bits per heavy atom. The topological polar surface area (TPSA) is 69.7 Å². The molecule has 1 heterocycles. The molecule has 0 radical (unpaired) electrons. The van der Waals surface area contributed by atoms with Gasteiger partial charge in [0.05, 0.1) is 6.04 Å². The normalized spacial score (nSPS) is 18.9. The SMILES string of the molecule is CC(C)(C)N(C(=O)[O-])[C@@H](Cc1ccccc1)[C@@H]1C=CC(=O)O1. The van der Waals surface area contributed by atoms with Crippen molar-refractivity contribution in [3.63, 3.8) is 0 Å². The summed E-state index contributed by atoms with van der Waals surface area (Å²) in [5.41, 5.74) is 0.306. The summed E-state index contributed by atoms with van der Waals surface area (Å²) in [4.78, 5) is 24.3. The summed E-state index contributed by atoms with van der Waals surface area (Å²) in [6.45, 7) is 5.38. The number of carboxylic acid groups (broad SMARTS) is 1. The van der Waals surface area contributed by atoms with Crippen LogP contribution in [0.5, 0.6) is 0 Å². The average molecular weight is 302 g/mol. The third-order valence-corrected chi connectivity index (χ3v) is 3.59. The Balaban J connectivity index is 2.34. The largest absolute Gasteiger partial charge is 0.530 e. The number of cyclic esters (lactones) is 1. The summed E-state index contributed by atoms with van der Waals surface area (Å²) >= 11 is 0. The molecule has 5 heteroatoms. The number of esters is 1. The highest BCUT2D eigenvalue weighted by Crippen LogP contribution is 2.25. The predicted octanol–water partition coefficient (Wildman–Crippen LogP) is 1.52. The number of carbonyl (C=O) groups is 2. The van der Waals surface area contributed by atoms with Gasteiger partial charge in [-0.25, -0.2) is 4.79 Å². The Hall–Kier alpha value is -2.30. The van der Waals surface area contributed by atoms with Gasteiger partial charge in [0.1, 0.15) is 12.2 Å². The van der Waals surface area contributed by atoms with E-state index in [1.807, 2.05) is 30.3 Å². The van der Waals surface area contributed by atoms with Gasteiger partial charge in [-0.3, -0.25) is 0 Å². The van der Waals surface area contributed by atoms with E-state index in [0.29, 0.717) is 6.42 Å². The van der Waals surface area contributed by atoms with Crippen molar-refractivity contribution in [3.05, 3.63) is 48.0 Å². The lowest BCUT2D eigenvalue weighted by Crippen LogP contribution is -2.60. The summed E-state index contributed by atoms with van der Waals surface area (Å²) in [6, 6.07) is 8.99. The molecule has 0 bridgehead atoms. The third kappa shape index (κ3) is 3.67. The molecule has 1 aromatic carbocycles. The maximum atomic E-state index is 11.7. The minimum Gasteiger partial charge on any atom is -0.530 e. The fraction of sp³-hybridized carbons (Fsp3) is 0.412. The Kier molecular flexibility index (Phi) is 4.54. The summed E-state index contributed by atoms with van der Waals surface area (Å²) < 4.78 is 5.24. The Morgan fingerprint density at radius 3 is 2.41 bits per heavy atom. The third-order valence-electron chi connectivity index (χ3n) is 3.59. The fourth-order valence-corrected chi connectivity index (χ4v) is 2.71. The molecule has 0 fully saturated rings. The van der Waals surface area contributed by atoms with Gasteiger partial charge in [-0.2, -0.15) is 0 Å². The van der Waals surface area contributed by atoms with E-state index in [9.17, 15) is 14.7 Å². The van der Waals surface area contributed by atoms with E-state index < -0.39 is 29.7 Å². The minimum atomic E-state index is -1.27. The highest BCUT2D eigenvalue weighted by atomic mass is 16.5. The molecule has 1 aliphatic rings. The van der Waals surface area contributed by atoms with Crippen LogP contribution in [0.3, 0.4) is 0 Å². The van der Waals surface area contributed by atoms with E-state index in [2.05, 4.69) is 0 Å². The number of amides is 1. The molecule has 0 spiro atoms. The van der Waals surface area contributed by atoms with Crippen molar-refractivity contribution in [1.82, 2.24) is 4.90 Å². The van der Waals surface area contributed by atoms with Crippen LogP contribution in [-0.2, 0) is 16.0 Å². The molecule has 22 heavy (non-hydrogen) atoms. The van der Waals surface area contributed by atoms with Gasteiger partial charge in [0.25, 0.3) is 0 Å². The molecule has 118 valence electrons. The van der Waals surface area contributed by atoms with Crippen LogP contribution in [0.2, 0.25) is 0 Å². The van der Waals surface area contributed by atoms with E-state index in [4.69, 9.17) is 4.74 Å². The number of rotatable bonds is 4. The first kappa shape index (κ1) is 16.1. The first-order valence-electron chi connectivity index (χ1n) is 7.22. The summed E-state index contributed by atoms with van der Waals surface area (Å²) in [5.74, 6) is -0.449. The molecule has 2 atom stereocenters. The van der Waals surface area contributed by atoms with Crippen molar-refractivity contribution in [1.29, 1.82) is 0 Å². The van der Waals surface area contributed by atoms with Crippen molar-refractivity contribution < 1.29 is 19.4 Å². The molecule has 0 N–H and O–H groups in total. The first-order chi connectivity index (χ1) is 10.3. The van der Waals surface area contributed by atoms with Crippen LogP contribution in [0.25, 0.3) is 0 Å². The van der Waals surface area contributed by atoms with Gasteiger partial charge < -0.3 is 19.5 Å². The lowest BCUT2D eigenvalue weighted by molar-refractivity contribution is -0.275. The molecule has 0 aliphatic carbocycles. The number of ether oxygens (including phenoxy) is 1. The number of nitrogens with zero attached hydrogens (tertiary/aromatic N) is 1. The van der Waals surface area contributed by atoms with Crippen molar-refractivity contribution in [2.75, 3.05) is 0 Å². The average Bonchev–Trinajstić information content (AvgIpc) is 2.84. The van der Waals surface area contributed by atoms with E-state index in [0.717, 1.165) is 5.56 Å². The van der Waals surface area contributed by atoms with Gasteiger partial charge in [-0.05, 0) is 38.8 Å². The first-order valence-corrected chi connectivity index (χ1v) is 7.22. The summed E-state index contributed by atoms with van der Waals surface area (Å²) in [6.07, 6.45) is 1.50. The standard InChI is InChI=1S/C17H21NO4/c1-17(2,3)18(16(20)21)13(14-9-10-15(19)22-14)11-12-7-5-4-6-8-12/h4-10,13-14H,11H2,1-3H3,(H,20,21)/p-1/t13-,14-/m0/s1. The highest BCUT2D eigenvalue weighted by molar-refractivity contribution is 5.84. The van der Waals surface area contributed by atoms with Gasteiger partial charge in [0.15, 0.2) is 0 Å². The van der Waals surface area contributed by atoms with E-state index in [-0.39, 0.29) is 0 Å². The van der Waals surface area contributed by atoms with Crippen molar-refractivity contribution in [2.24, 2.45) is 0 Å².